The molecule has 0 aliphatic carbocycles. The van der Waals surface area contributed by atoms with E-state index in [-0.39, 0.29) is 0 Å². The molecular formula is C11H15N3O. The Hall–Kier alpha value is -1.29. The molecule has 1 aromatic rings. The number of aromatic nitrogens is 1. The van der Waals surface area contributed by atoms with Crippen LogP contribution in [0.2, 0.25) is 0 Å². The van der Waals surface area contributed by atoms with Crippen molar-refractivity contribution in [3.05, 3.63) is 18.3 Å². The van der Waals surface area contributed by atoms with E-state index in [1.165, 1.54) is 12.8 Å². The Kier molecular flexibility index (Phi) is 2.02. The number of morpholine rings is 1. The third-order valence-electron chi connectivity index (χ3n) is 3.14. The molecule has 2 aliphatic rings. The number of rotatable bonds is 1. The van der Waals surface area contributed by atoms with E-state index in [0.717, 1.165) is 24.6 Å². The van der Waals surface area contributed by atoms with E-state index in [1.807, 2.05) is 12.1 Å². The summed E-state index contributed by atoms with van der Waals surface area (Å²) in [5.41, 5.74) is 6.53. The second-order valence-corrected chi connectivity index (χ2v) is 4.31. The zero-order valence-electron chi connectivity index (χ0n) is 8.60. The summed E-state index contributed by atoms with van der Waals surface area (Å²) >= 11 is 0. The van der Waals surface area contributed by atoms with Gasteiger partial charge in [-0.15, -0.1) is 0 Å². The molecule has 3 rings (SSSR count). The van der Waals surface area contributed by atoms with Gasteiger partial charge in [0.2, 0.25) is 0 Å². The largest absolute Gasteiger partial charge is 0.399 e. The lowest BCUT2D eigenvalue weighted by Crippen LogP contribution is -2.43. The molecule has 1 aromatic heterocycles. The van der Waals surface area contributed by atoms with Crippen LogP contribution in [0, 0.1) is 0 Å². The number of nitrogen functional groups attached to an aromatic ring is 1. The highest BCUT2D eigenvalue weighted by Crippen LogP contribution is 2.29. The van der Waals surface area contributed by atoms with Gasteiger partial charge >= 0.3 is 0 Å². The number of pyridine rings is 1. The average Bonchev–Trinajstić information content (AvgIpc) is 2.58. The van der Waals surface area contributed by atoms with Crippen molar-refractivity contribution in [1.82, 2.24) is 4.98 Å². The molecule has 80 valence electrons. The van der Waals surface area contributed by atoms with Gasteiger partial charge in [0.25, 0.3) is 0 Å². The lowest BCUT2D eigenvalue weighted by Gasteiger charge is -2.33. The highest BCUT2D eigenvalue weighted by atomic mass is 16.5. The van der Waals surface area contributed by atoms with Gasteiger partial charge < -0.3 is 15.4 Å². The maximum Gasteiger partial charge on any atom is 0.130 e. The molecular weight excluding hydrogens is 190 g/mol. The van der Waals surface area contributed by atoms with Crippen LogP contribution in [0.5, 0.6) is 0 Å². The fraction of sp³-hybridized carbons (Fsp3) is 0.545. The molecule has 0 radical (unpaired) electrons. The van der Waals surface area contributed by atoms with Crippen molar-refractivity contribution in [3.8, 4) is 0 Å². The second-order valence-electron chi connectivity index (χ2n) is 4.31. The number of fused-ring (bicyclic) bond motifs is 2. The number of nitrogens with two attached hydrogens (primary N) is 1. The summed E-state index contributed by atoms with van der Waals surface area (Å²) in [5.74, 6) is 0.982. The van der Waals surface area contributed by atoms with Crippen molar-refractivity contribution < 1.29 is 4.74 Å². The van der Waals surface area contributed by atoms with E-state index in [9.17, 15) is 0 Å². The van der Waals surface area contributed by atoms with Crippen LogP contribution in [0.4, 0.5) is 11.5 Å². The average molecular weight is 205 g/mol. The molecule has 4 heteroatoms. The fourth-order valence-electron chi connectivity index (χ4n) is 2.41. The molecule has 2 N–H and O–H groups in total. The van der Waals surface area contributed by atoms with Crippen LogP contribution in [-0.2, 0) is 4.74 Å². The summed E-state index contributed by atoms with van der Waals surface area (Å²) in [6, 6.07) is 3.75. The third kappa shape index (κ3) is 1.65. The Morgan fingerprint density at radius 2 is 2.07 bits per heavy atom. The molecule has 0 saturated carbocycles. The molecule has 2 aliphatic heterocycles. The minimum absolute atomic E-state index is 0.395. The Morgan fingerprint density at radius 1 is 1.33 bits per heavy atom. The molecule has 4 nitrogen and oxygen atoms in total. The molecule has 3 heterocycles. The molecule has 0 aromatic carbocycles. The summed E-state index contributed by atoms with van der Waals surface area (Å²) in [6.07, 6.45) is 4.92. The SMILES string of the molecule is Nc1ccnc(N2CC3CCC(C2)O3)c1. The smallest absolute Gasteiger partial charge is 0.130 e. The van der Waals surface area contributed by atoms with Crippen LogP contribution in [-0.4, -0.2) is 30.3 Å². The molecule has 0 spiro atoms. The van der Waals surface area contributed by atoms with Gasteiger partial charge in [-0.05, 0) is 18.9 Å². The van der Waals surface area contributed by atoms with Crippen LogP contribution in [0.15, 0.2) is 18.3 Å². The van der Waals surface area contributed by atoms with Crippen LogP contribution >= 0.6 is 0 Å². The minimum Gasteiger partial charge on any atom is -0.399 e. The van der Waals surface area contributed by atoms with Crippen molar-refractivity contribution >= 4 is 11.5 Å². The van der Waals surface area contributed by atoms with Gasteiger partial charge in [0.1, 0.15) is 5.82 Å². The van der Waals surface area contributed by atoms with E-state index in [1.54, 1.807) is 6.20 Å². The molecule has 2 saturated heterocycles. The van der Waals surface area contributed by atoms with Gasteiger partial charge in [0, 0.05) is 31.0 Å². The van der Waals surface area contributed by atoms with Gasteiger partial charge in [0.15, 0.2) is 0 Å². The van der Waals surface area contributed by atoms with Crippen molar-refractivity contribution in [1.29, 1.82) is 0 Å². The summed E-state index contributed by atoms with van der Waals surface area (Å²) in [5, 5.41) is 0. The Balaban J connectivity index is 1.83. The number of anilines is 2. The fourth-order valence-corrected chi connectivity index (χ4v) is 2.41. The van der Waals surface area contributed by atoms with E-state index in [2.05, 4.69) is 9.88 Å². The summed E-state index contributed by atoms with van der Waals surface area (Å²) in [7, 11) is 0. The summed E-state index contributed by atoms with van der Waals surface area (Å²) in [6.45, 7) is 1.90. The Morgan fingerprint density at radius 3 is 2.73 bits per heavy atom. The van der Waals surface area contributed by atoms with Gasteiger partial charge in [0.05, 0.1) is 12.2 Å². The van der Waals surface area contributed by atoms with E-state index in [0.29, 0.717) is 12.2 Å². The first kappa shape index (κ1) is 8.97. The van der Waals surface area contributed by atoms with E-state index in [4.69, 9.17) is 10.5 Å². The Labute approximate surface area is 89.0 Å². The molecule has 15 heavy (non-hydrogen) atoms. The van der Waals surface area contributed by atoms with Crippen molar-refractivity contribution in [2.75, 3.05) is 23.7 Å². The molecule has 2 unspecified atom stereocenters. The maximum absolute atomic E-state index is 5.78. The molecule has 2 bridgehead atoms. The quantitative estimate of drug-likeness (QED) is 0.744. The maximum atomic E-state index is 5.78. The van der Waals surface area contributed by atoms with E-state index < -0.39 is 0 Å². The zero-order chi connectivity index (χ0) is 10.3. The summed E-state index contributed by atoms with van der Waals surface area (Å²) in [4.78, 5) is 6.63. The van der Waals surface area contributed by atoms with Crippen LogP contribution in [0.25, 0.3) is 0 Å². The van der Waals surface area contributed by atoms with E-state index >= 15 is 0 Å². The van der Waals surface area contributed by atoms with Gasteiger partial charge in [-0.1, -0.05) is 0 Å². The second kappa shape index (κ2) is 3.38. The zero-order valence-corrected chi connectivity index (χ0v) is 8.60. The van der Waals surface area contributed by atoms with Crippen molar-refractivity contribution in [2.24, 2.45) is 0 Å². The van der Waals surface area contributed by atoms with Crippen LogP contribution in [0.1, 0.15) is 12.8 Å². The number of hydrogen-bond acceptors (Lipinski definition) is 4. The normalized spacial score (nSPS) is 29.5. The predicted octanol–water partition coefficient (Wildman–Crippen LogP) is 1.03. The topological polar surface area (TPSA) is 51.4 Å². The first-order valence-corrected chi connectivity index (χ1v) is 5.43. The van der Waals surface area contributed by atoms with Gasteiger partial charge in [-0.3, -0.25) is 0 Å². The first-order valence-electron chi connectivity index (χ1n) is 5.43. The molecule has 2 atom stereocenters. The summed E-state index contributed by atoms with van der Waals surface area (Å²) < 4.78 is 5.78. The number of ether oxygens (including phenoxy) is 1. The monoisotopic (exact) mass is 205 g/mol. The van der Waals surface area contributed by atoms with Crippen molar-refractivity contribution in [3.63, 3.8) is 0 Å². The predicted molar refractivity (Wildman–Crippen MR) is 58.8 cm³/mol. The third-order valence-corrected chi connectivity index (χ3v) is 3.14. The van der Waals surface area contributed by atoms with Crippen molar-refractivity contribution in [2.45, 2.75) is 25.0 Å². The van der Waals surface area contributed by atoms with Gasteiger partial charge in [-0.2, -0.15) is 0 Å². The molecule has 2 fully saturated rings. The highest BCUT2D eigenvalue weighted by molar-refractivity contribution is 5.50. The standard InChI is InChI=1S/C11H15N3O/c12-8-3-4-13-11(5-8)14-6-9-1-2-10(7-14)15-9/h3-5,9-10H,1-2,6-7H2,(H2,12,13). The minimum atomic E-state index is 0.395. The lowest BCUT2D eigenvalue weighted by molar-refractivity contribution is 0.0302. The van der Waals surface area contributed by atoms with Crippen LogP contribution < -0.4 is 10.6 Å². The van der Waals surface area contributed by atoms with Crippen LogP contribution in [0.3, 0.4) is 0 Å². The first-order chi connectivity index (χ1) is 7.31. The van der Waals surface area contributed by atoms with Gasteiger partial charge in [-0.25, -0.2) is 4.98 Å². The molecule has 0 amide bonds. The number of hydrogen-bond donors (Lipinski definition) is 1. The number of nitrogens with zero attached hydrogens (tertiary/aromatic N) is 2. The lowest BCUT2D eigenvalue weighted by atomic mass is 10.2. The Bertz CT molecular complexity index is 357. The highest BCUT2D eigenvalue weighted by Gasteiger charge is 2.34.